The van der Waals surface area contributed by atoms with Crippen molar-refractivity contribution in [1.82, 2.24) is 10.3 Å². The number of carboxylic acids is 1. The van der Waals surface area contributed by atoms with Crippen molar-refractivity contribution >= 4 is 17.7 Å². The molecule has 10 heteroatoms. The summed E-state index contributed by atoms with van der Waals surface area (Å²) in [6.07, 6.45) is -2.77. The number of carbonyl (C=O) groups excluding carboxylic acids is 1. The van der Waals surface area contributed by atoms with Crippen molar-refractivity contribution in [2.45, 2.75) is 12.3 Å². The second-order valence-corrected chi connectivity index (χ2v) is 3.57. The Morgan fingerprint density at radius 1 is 1.40 bits per heavy atom. The number of alkyl halides is 4. The van der Waals surface area contributed by atoms with Gasteiger partial charge in [-0.25, -0.2) is 23.4 Å². The number of nitrogens with zero attached hydrogens (tertiary/aromatic N) is 1. The van der Waals surface area contributed by atoms with Gasteiger partial charge in [-0.2, -0.15) is 8.78 Å². The van der Waals surface area contributed by atoms with E-state index in [1.165, 1.54) is 17.4 Å². The molecule has 110 valence electrons. The highest BCUT2D eigenvalue weighted by Crippen LogP contribution is 2.21. The first kappa shape index (κ1) is 15.7. The number of urea groups is 1. The highest BCUT2D eigenvalue weighted by atomic mass is 19.3. The molecule has 0 atom stereocenters. The van der Waals surface area contributed by atoms with Crippen LogP contribution in [0.1, 0.15) is 10.5 Å². The van der Waals surface area contributed by atoms with Crippen molar-refractivity contribution in [3.8, 4) is 0 Å². The smallest absolute Gasteiger partial charge is 0.356 e. The quantitative estimate of drug-likeness (QED) is 0.722. The molecule has 2 amide bonds. The number of hydrogen-bond acceptors (Lipinski definition) is 3. The summed E-state index contributed by atoms with van der Waals surface area (Å²) in [7, 11) is 0. The van der Waals surface area contributed by atoms with Crippen LogP contribution in [-0.2, 0) is 0 Å². The fourth-order valence-corrected chi connectivity index (χ4v) is 1.12. The maximum Gasteiger partial charge on any atom is 0.356 e. The average molecular weight is 295 g/mol. The number of hydrogen-bond donors (Lipinski definition) is 3. The van der Waals surface area contributed by atoms with Crippen molar-refractivity contribution in [3.63, 3.8) is 0 Å². The van der Waals surface area contributed by atoms with E-state index in [1.807, 2.05) is 5.32 Å². The number of rotatable bonds is 5. The molecule has 1 rings (SSSR count). The molecule has 6 nitrogen and oxygen atoms in total. The van der Waals surface area contributed by atoms with Gasteiger partial charge < -0.3 is 15.7 Å². The second kappa shape index (κ2) is 6.17. The number of nitrogens with one attached hydrogen (secondary N) is 2. The van der Waals surface area contributed by atoms with E-state index in [2.05, 4.69) is 4.98 Å². The van der Waals surface area contributed by atoms with Crippen LogP contribution in [0, 0.1) is 0 Å². The minimum absolute atomic E-state index is 0.252. The molecule has 0 saturated heterocycles. The van der Waals surface area contributed by atoms with Gasteiger partial charge in [0, 0.05) is 6.20 Å². The van der Waals surface area contributed by atoms with Gasteiger partial charge in [0.1, 0.15) is 0 Å². The Bertz CT molecular complexity index is 510. The number of pyridine rings is 1. The van der Waals surface area contributed by atoms with E-state index in [4.69, 9.17) is 5.11 Å². The van der Waals surface area contributed by atoms with Crippen molar-refractivity contribution in [3.05, 3.63) is 24.0 Å². The first-order valence-electron chi connectivity index (χ1n) is 5.13. The minimum atomic E-state index is -4.37. The van der Waals surface area contributed by atoms with Crippen LogP contribution < -0.4 is 10.6 Å². The van der Waals surface area contributed by atoms with E-state index in [1.54, 1.807) is 0 Å². The van der Waals surface area contributed by atoms with E-state index in [0.29, 0.717) is 0 Å². The van der Waals surface area contributed by atoms with Gasteiger partial charge in [0.15, 0.2) is 5.69 Å². The van der Waals surface area contributed by atoms with Crippen LogP contribution in [0.5, 0.6) is 0 Å². The Labute approximate surface area is 109 Å². The van der Waals surface area contributed by atoms with Crippen LogP contribution in [0.4, 0.5) is 28.0 Å². The third-order valence-electron chi connectivity index (χ3n) is 2.06. The molecular formula is C10H9F4N3O3. The van der Waals surface area contributed by atoms with Gasteiger partial charge in [-0.3, -0.25) is 0 Å². The van der Waals surface area contributed by atoms with Crippen LogP contribution in [0.15, 0.2) is 18.3 Å². The van der Waals surface area contributed by atoms with E-state index < -0.39 is 36.6 Å². The Morgan fingerprint density at radius 3 is 2.60 bits per heavy atom. The first-order chi connectivity index (χ1) is 9.24. The Hall–Kier alpha value is -2.39. The van der Waals surface area contributed by atoms with Crippen molar-refractivity contribution in [1.29, 1.82) is 0 Å². The highest BCUT2D eigenvalue weighted by Gasteiger charge is 2.40. The highest BCUT2D eigenvalue weighted by molar-refractivity contribution is 5.98. The number of aromatic carboxylic acids is 1. The summed E-state index contributed by atoms with van der Waals surface area (Å²) in [6, 6.07) is 1.22. The number of anilines is 1. The van der Waals surface area contributed by atoms with Crippen LogP contribution in [-0.4, -0.2) is 41.0 Å². The lowest BCUT2D eigenvalue weighted by Crippen LogP contribution is -2.43. The molecule has 0 saturated carbocycles. The Balaban J connectivity index is 2.66. The molecule has 0 bridgehead atoms. The molecule has 0 unspecified atom stereocenters. The largest absolute Gasteiger partial charge is 0.476 e. The summed E-state index contributed by atoms with van der Waals surface area (Å²) < 4.78 is 48.8. The molecule has 0 radical (unpaired) electrons. The number of carboxylic acid groups (broad SMARTS) is 1. The van der Waals surface area contributed by atoms with Gasteiger partial charge in [-0.1, -0.05) is 0 Å². The van der Waals surface area contributed by atoms with E-state index in [0.717, 1.165) is 6.20 Å². The molecule has 0 aliphatic carbocycles. The summed E-state index contributed by atoms with van der Waals surface area (Å²) in [5.74, 6) is -5.82. The molecule has 20 heavy (non-hydrogen) atoms. The lowest BCUT2D eigenvalue weighted by atomic mass is 10.3. The second-order valence-electron chi connectivity index (χ2n) is 3.57. The SMILES string of the molecule is O=C(NCC(F)(F)C(F)F)Nc1cccnc1C(=O)O. The van der Waals surface area contributed by atoms with Crippen LogP contribution in [0.2, 0.25) is 0 Å². The lowest BCUT2D eigenvalue weighted by molar-refractivity contribution is -0.123. The molecule has 0 aromatic carbocycles. The van der Waals surface area contributed by atoms with Crippen LogP contribution in [0.25, 0.3) is 0 Å². The zero-order valence-electron chi connectivity index (χ0n) is 9.74. The van der Waals surface area contributed by atoms with Gasteiger partial charge >= 0.3 is 24.3 Å². The van der Waals surface area contributed by atoms with E-state index in [-0.39, 0.29) is 5.69 Å². The monoisotopic (exact) mass is 295 g/mol. The predicted octanol–water partition coefficient (Wildman–Crippen LogP) is 1.80. The van der Waals surface area contributed by atoms with Gasteiger partial charge in [0.2, 0.25) is 0 Å². The number of carbonyl (C=O) groups is 2. The third kappa shape index (κ3) is 4.07. The molecule has 1 heterocycles. The zero-order valence-corrected chi connectivity index (χ0v) is 9.74. The lowest BCUT2D eigenvalue weighted by Gasteiger charge is -2.16. The summed E-state index contributed by atoms with van der Waals surface area (Å²) in [6.45, 7) is -1.58. The summed E-state index contributed by atoms with van der Waals surface area (Å²) in [5.41, 5.74) is -0.763. The molecule has 1 aromatic heterocycles. The van der Waals surface area contributed by atoms with E-state index >= 15 is 0 Å². The average Bonchev–Trinajstić information content (AvgIpc) is 2.36. The number of halogens is 4. The molecule has 0 aliphatic rings. The zero-order chi connectivity index (χ0) is 15.3. The summed E-state index contributed by atoms with van der Waals surface area (Å²) in [4.78, 5) is 25.4. The molecule has 0 fully saturated rings. The minimum Gasteiger partial charge on any atom is -0.476 e. The molecular weight excluding hydrogens is 286 g/mol. The Kier molecular flexibility index (Phi) is 4.83. The van der Waals surface area contributed by atoms with Crippen molar-refractivity contribution in [2.75, 3.05) is 11.9 Å². The fourth-order valence-electron chi connectivity index (χ4n) is 1.12. The Morgan fingerprint density at radius 2 is 2.05 bits per heavy atom. The standard InChI is InChI=1S/C10H9F4N3O3/c11-8(12)10(13,14)4-16-9(20)17-5-2-1-3-15-6(5)7(18)19/h1-3,8H,4H2,(H,18,19)(H2,16,17,20). The topological polar surface area (TPSA) is 91.3 Å². The summed E-state index contributed by atoms with van der Waals surface area (Å²) in [5, 5.41) is 12.2. The van der Waals surface area contributed by atoms with Gasteiger partial charge in [0.25, 0.3) is 0 Å². The molecule has 1 aromatic rings. The molecule has 3 N–H and O–H groups in total. The van der Waals surface area contributed by atoms with Crippen LogP contribution >= 0.6 is 0 Å². The molecule has 0 spiro atoms. The number of amides is 2. The van der Waals surface area contributed by atoms with Gasteiger partial charge in [-0.05, 0) is 12.1 Å². The number of aromatic nitrogens is 1. The van der Waals surface area contributed by atoms with Crippen molar-refractivity contribution in [2.24, 2.45) is 0 Å². The van der Waals surface area contributed by atoms with E-state index in [9.17, 15) is 27.2 Å². The first-order valence-corrected chi connectivity index (χ1v) is 5.13. The third-order valence-corrected chi connectivity index (χ3v) is 2.06. The van der Waals surface area contributed by atoms with Gasteiger partial charge in [-0.15, -0.1) is 0 Å². The normalized spacial score (nSPS) is 11.2. The maximum absolute atomic E-state index is 12.6. The fraction of sp³-hybridized carbons (Fsp3) is 0.300. The predicted molar refractivity (Wildman–Crippen MR) is 59.2 cm³/mol. The molecule has 0 aliphatic heterocycles. The maximum atomic E-state index is 12.6. The van der Waals surface area contributed by atoms with Gasteiger partial charge in [0.05, 0.1) is 12.2 Å². The van der Waals surface area contributed by atoms with Crippen molar-refractivity contribution < 1.29 is 32.3 Å². The van der Waals surface area contributed by atoms with Crippen LogP contribution in [0.3, 0.4) is 0 Å². The summed E-state index contributed by atoms with van der Waals surface area (Å²) >= 11 is 0.